The van der Waals surface area contributed by atoms with Crippen LogP contribution < -0.4 is 0 Å². The molecule has 1 aromatic carbocycles. The fourth-order valence-corrected chi connectivity index (χ4v) is 3.64. The number of halogens is 5. The Morgan fingerprint density at radius 1 is 1.07 bits per heavy atom. The van der Waals surface area contributed by atoms with E-state index in [1.165, 1.54) is 0 Å². The summed E-state index contributed by atoms with van der Waals surface area (Å²) in [6, 6.07) is 1.40. The van der Waals surface area contributed by atoms with Gasteiger partial charge >= 0.3 is 6.00 Å². The van der Waals surface area contributed by atoms with Gasteiger partial charge in [0.15, 0.2) is 0 Å². The molecular weight excluding hydrogens is 301 g/mol. The van der Waals surface area contributed by atoms with Gasteiger partial charge in [-0.25, -0.2) is 0 Å². The van der Waals surface area contributed by atoms with E-state index >= 15 is 0 Å². The quantitative estimate of drug-likeness (QED) is 0.530. The Morgan fingerprint density at radius 3 is 2.14 bits per heavy atom. The van der Waals surface area contributed by atoms with Gasteiger partial charge in [0.1, 0.15) is 0 Å². The zero-order valence-corrected chi connectivity index (χ0v) is 12.0. The molecule has 14 heavy (non-hydrogen) atoms. The topological polar surface area (TPSA) is 0 Å². The lowest BCUT2D eigenvalue weighted by atomic mass is 10.2. The molecule has 0 aromatic heterocycles. The summed E-state index contributed by atoms with van der Waals surface area (Å²) in [5.41, 5.74) is 1.72. The third-order valence-electron chi connectivity index (χ3n) is 1.75. The summed E-state index contributed by atoms with van der Waals surface area (Å²) in [5.74, 6) is 0. The van der Waals surface area contributed by atoms with Crippen molar-refractivity contribution in [1.29, 1.82) is 0 Å². The predicted octanol–water partition coefficient (Wildman–Crippen LogP) is 5.04. The van der Waals surface area contributed by atoms with Gasteiger partial charge in [0.25, 0.3) is 0 Å². The van der Waals surface area contributed by atoms with Crippen molar-refractivity contribution in [1.82, 2.24) is 0 Å². The van der Waals surface area contributed by atoms with Gasteiger partial charge in [-0.1, -0.05) is 35.3 Å². The molecule has 0 spiro atoms. The van der Waals surface area contributed by atoms with E-state index in [0.29, 0.717) is 16.1 Å². The second-order valence-corrected chi connectivity index (χ2v) is 12.8. The summed E-state index contributed by atoms with van der Waals surface area (Å²) in [4.78, 5) is 0. The van der Waals surface area contributed by atoms with Crippen LogP contribution in [-0.4, -0.2) is 6.00 Å². The monoisotopic (exact) mass is 306 g/mol. The highest BCUT2D eigenvalue weighted by atomic mass is 35.8. The van der Waals surface area contributed by atoms with Crippen LogP contribution in [0.4, 0.5) is 0 Å². The fraction of sp³-hybridized carbons (Fsp3) is 0.250. The van der Waals surface area contributed by atoms with E-state index in [2.05, 4.69) is 0 Å². The molecule has 0 aliphatic rings. The molecule has 1 rings (SSSR count). The molecule has 0 aliphatic carbocycles. The van der Waals surface area contributed by atoms with Gasteiger partial charge < -0.3 is 0 Å². The number of aryl methyl sites for hydroxylation is 1. The predicted molar refractivity (Wildman–Crippen MR) is 68.2 cm³/mol. The Hall–Kier alpha value is 0.887. The van der Waals surface area contributed by atoms with Crippen molar-refractivity contribution in [3.05, 3.63) is 33.3 Å². The van der Waals surface area contributed by atoms with Gasteiger partial charge in [0.05, 0.1) is 10.0 Å². The summed E-state index contributed by atoms with van der Waals surface area (Å²) in [7, 11) is 0. The van der Waals surface area contributed by atoms with Crippen molar-refractivity contribution >= 4 is 62.4 Å². The molecule has 0 amide bonds. The summed E-state index contributed by atoms with van der Waals surface area (Å²) in [6.07, 6.45) is 0. The molecule has 0 nitrogen and oxygen atoms in total. The molecule has 6 heteroatoms. The molecule has 0 saturated carbocycles. The Morgan fingerprint density at radius 2 is 1.64 bits per heavy atom. The normalized spacial score (nSPS) is 11.9. The average Bonchev–Trinajstić information content (AvgIpc) is 2.04. The number of rotatable bonds is 2. The molecule has 0 fully saturated rings. The molecule has 0 unspecified atom stereocenters. The van der Waals surface area contributed by atoms with Crippen LogP contribution in [0.15, 0.2) is 12.1 Å². The van der Waals surface area contributed by atoms with Crippen LogP contribution in [-0.2, 0) is 6.04 Å². The summed E-state index contributed by atoms with van der Waals surface area (Å²) in [5, 5.41) is 1.03. The van der Waals surface area contributed by atoms with Crippen LogP contribution in [0.2, 0.25) is 10.0 Å². The maximum absolute atomic E-state index is 6.02. The third-order valence-corrected chi connectivity index (χ3v) is 4.75. The minimum atomic E-state index is -2.70. The average molecular weight is 308 g/mol. The van der Waals surface area contributed by atoms with Crippen molar-refractivity contribution in [2.24, 2.45) is 0 Å². The van der Waals surface area contributed by atoms with Gasteiger partial charge in [-0.2, -0.15) is 0 Å². The van der Waals surface area contributed by atoms with E-state index in [-0.39, 0.29) is 0 Å². The number of hydrogen-bond donors (Lipinski definition) is 0. The highest BCUT2D eigenvalue weighted by Gasteiger charge is 2.27. The van der Waals surface area contributed by atoms with Crippen LogP contribution in [0, 0.1) is 6.92 Å². The van der Waals surface area contributed by atoms with Gasteiger partial charge in [-0.15, -0.1) is 33.2 Å². The van der Waals surface area contributed by atoms with Crippen LogP contribution >= 0.6 is 56.4 Å². The highest BCUT2D eigenvalue weighted by molar-refractivity contribution is 7.64. The summed E-state index contributed by atoms with van der Waals surface area (Å²) < 4.78 is 0. The maximum atomic E-state index is 6.02. The lowest BCUT2D eigenvalue weighted by molar-refractivity contribution is 1.35. The van der Waals surface area contributed by atoms with E-state index in [9.17, 15) is 0 Å². The Kier molecular flexibility index (Phi) is 4.45. The zero-order valence-electron chi connectivity index (χ0n) is 7.25. The lowest BCUT2D eigenvalue weighted by Gasteiger charge is -2.11. The second-order valence-electron chi connectivity index (χ2n) is 2.96. The zero-order chi connectivity index (χ0) is 10.9. The smallest absolute Gasteiger partial charge is 0.126 e. The van der Waals surface area contributed by atoms with Crippen molar-refractivity contribution in [2.45, 2.75) is 13.0 Å². The Labute approximate surface area is 108 Å². The van der Waals surface area contributed by atoms with Crippen LogP contribution in [0.5, 0.6) is 0 Å². The molecule has 0 N–H and O–H groups in total. The molecule has 0 bridgehead atoms. The first-order valence-corrected chi connectivity index (χ1v) is 9.81. The summed E-state index contributed by atoms with van der Waals surface area (Å²) in [6.45, 7) is 1.88. The molecule has 0 aliphatic heterocycles. The van der Waals surface area contributed by atoms with E-state index in [0.717, 1.165) is 11.1 Å². The standard InChI is InChI=1S/C8H7Cl5Si/c1-5-2-3-6(4-14(11,12)13)8(10)7(5)9/h2-3H,4H2,1H3. The largest absolute Gasteiger partial charge is 0.345 e. The van der Waals surface area contributed by atoms with Crippen LogP contribution in [0.1, 0.15) is 11.1 Å². The van der Waals surface area contributed by atoms with Crippen molar-refractivity contribution in [3.63, 3.8) is 0 Å². The van der Waals surface area contributed by atoms with E-state index < -0.39 is 6.00 Å². The van der Waals surface area contributed by atoms with Crippen LogP contribution in [0.3, 0.4) is 0 Å². The SMILES string of the molecule is Cc1ccc(C[Si](Cl)(Cl)Cl)c(Cl)c1Cl. The fourth-order valence-electron chi connectivity index (χ4n) is 1.04. The first kappa shape index (κ1) is 13.0. The molecule has 1 aromatic rings. The van der Waals surface area contributed by atoms with Crippen molar-refractivity contribution in [3.8, 4) is 0 Å². The minimum absolute atomic E-state index is 0.385. The molecule has 0 heterocycles. The van der Waals surface area contributed by atoms with E-state index in [4.69, 9.17) is 56.4 Å². The highest BCUT2D eigenvalue weighted by Crippen LogP contribution is 2.33. The maximum Gasteiger partial charge on any atom is 0.345 e. The first-order valence-electron chi connectivity index (χ1n) is 3.81. The van der Waals surface area contributed by atoms with Gasteiger partial charge in [-0.3, -0.25) is 0 Å². The molecular formula is C8H7Cl5Si. The lowest BCUT2D eigenvalue weighted by Crippen LogP contribution is -2.14. The van der Waals surface area contributed by atoms with Crippen molar-refractivity contribution < 1.29 is 0 Å². The Bertz CT molecular complexity index is 344. The minimum Gasteiger partial charge on any atom is -0.126 e. The van der Waals surface area contributed by atoms with E-state index in [1.807, 2.05) is 19.1 Å². The third kappa shape index (κ3) is 3.48. The van der Waals surface area contributed by atoms with Gasteiger partial charge in [0, 0.05) is 6.04 Å². The summed E-state index contributed by atoms with van der Waals surface area (Å²) >= 11 is 29.4. The van der Waals surface area contributed by atoms with E-state index in [1.54, 1.807) is 0 Å². The Balaban J connectivity index is 3.06. The molecule has 0 saturated heterocycles. The molecule has 0 radical (unpaired) electrons. The number of hydrogen-bond acceptors (Lipinski definition) is 0. The molecule has 0 atom stereocenters. The molecule has 78 valence electrons. The second kappa shape index (κ2) is 4.81. The van der Waals surface area contributed by atoms with Gasteiger partial charge in [0.2, 0.25) is 0 Å². The number of benzene rings is 1. The van der Waals surface area contributed by atoms with Gasteiger partial charge in [-0.05, 0) is 18.1 Å². The first-order chi connectivity index (χ1) is 6.31. The van der Waals surface area contributed by atoms with Crippen molar-refractivity contribution in [2.75, 3.05) is 0 Å². The van der Waals surface area contributed by atoms with Crippen LogP contribution in [0.25, 0.3) is 0 Å².